The average molecular weight is 429 g/mol. The van der Waals surface area contributed by atoms with Gasteiger partial charge in [-0.3, -0.25) is 4.98 Å². The summed E-state index contributed by atoms with van der Waals surface area (Å²) in [6, 6.07) is 14.6. The third-order valence-corrected chi connectivity index (χ3v) is 5.86. The lowest BCUT2D eigenvalue weighted by molar-refractivity contribution is 0.304. The summed E-state index contributed by atoms with van der Waals surface area (Å²) in [6.07, 6.45) is 5.88. The van der Waals surface area contributed by atoms with Crippen LogP contribution < -0.4 is 5.32 Å². The Morgan fingerprint density at radius 3 is 2.79 bits per heavy atom. The van der Waals surface area contributed by atoms with Gasteiger partial charge in [0.1, 0.15) is 5.82 Å². The molecule has 0 bridgehead atoms. The normalized spacial score (nSPS) is 18.9. The molecule has 150 valence electrons. The molecule has 0 aliphatic carbocycles. The molecule has 7 heteroatoms. The van der Waals surface area contributed by atoms with E-state index in [0.29, 0.717) is 0 Å². The van der Waals surface area contributed by atoms with Gasteiger partial charge in [-0.2, -0.15) is 0 Å². The molecular weight excluding hydrogens is 407 g/mol. The second kappa shape index (κ2) is 8.51. The molecule has 1 aromatic carbocycles. The van der Waals surface area contributed by atoms with Crippen molar-refractivity contribution in [2.75, 3.05) is 6.54 Å². The molecule has 4 nitrogen and oxygen atoms in total. The van der Waals surface area contributed by atoms with Gasteiger partial charge in [-0.15, -0.1) is 0 Å². The van der Waals surface area contributed by atoms with Crippen molar-refractivity contribution in [2.24, 2.45) is 0 Å². The quantitative estimate of drug-likeness (QED) is 0.530. The highest BCUT2D eigenvalue weighted by Crippen LogP contribution is 2.39. The van der Waals surface area contributed by atoms with Crippen molar-refractivity contribution in [3.05, 3.63) is 83.2 Å². The van der Waals surface area contributed by atoms with Crippen molar-refractivity contribution in [3.8, 4) is 5.69 Å². The van der Waals surface area contributed by atoms with Gasteiger partial charge in [-0.25, -0.2) is 4.39 Å². The molecule has 2 atom stereocenters. The molecule has 0 saturated carbocycles. The Labute approximate surface area is 180 Å². The number of benzene rings is 1. The van der Waals surface area contributed by atoms with Crippen LogP contribution in [-0.2, 0) is 0 Å². The van der Waals surface area contributed by atoms with E-state index >= 15 is 0 Å². The number of aromatic nitrogens is 2. The van der Waals surface area contributed by atoms with Crippen molar-refractivity contribution in [3.63, 3.8) is 0 Å². The third-order valence-electron chi connectivity index (χ3n) is 5.22. The summed E-state index contributed by atoms with van der Waals surface area (Å²) in [5.41, 5.74) is 2.79. The number of halogens is 2. The van der Waals surface area contributed by atoms with Crippen molar-refractivity contribution in [2.45, 2.75) is 31.8 Å². The molecule has 0 unspecified atom stereocenters. The van der Waals surface area contributed by atoms with Gasteiger partial charge >= 0.3 is 0 Å². The summed E-state index contributed by atoms with van der Waals surface area (Å²) in [6.45, 7) is 3.02. The monoisotopic (exact) mass is 428 g/mol. The fourth-order valence-corrected chi connectivity index (χ4v) is 4.31. The number of hydrogen-bond acceptors (Lipinski definition) is 2. The Hall–Kier alpha value is -2.44. The molecule has 29 heavy (non-hydrogen) atoms. The highest BCUT2D eigenvalue weighted by molar-refractivity contribution is 7.80. The topological polar surface area (TPSA) is 33.1 Å². The molecule has 3 heterocycles. The van der Waals surface area contributed by atoms with E-state index in [1.54, 1.807) is 18.3 Å². The van der Waals surface area contributed by atoms with Gasteiger partial charge in [0, 0.05) is 30.3 Å². The van der Waals surface area contributed by atoms with Crippen LogP contribution in [0.15, 0.2) is 60.9 Å². The Bertz CT molecular complexity index is 1010. The third kappa shape index (κ3) is 3.87. The van der Waals surface area contributed by atoms with E-state index in [2.05, 4.69) is 28.2 Å². The number of unbranched alkanes of at least 4 members (excludes halogenated alkanes) is 1. The first-order valence-corrected chi connectivity index (χ1v) is 10.5. The molecule has 1 fully saturated rings. The highest BCUT2D eigenvalue weighted by Gasteiger charge is 2.40. The predicted octanol–water partition coefficient (Wildman–Crippen LogP) is 5.44. The Morgan fingerprint density at radius 2 is 2.07 bits per heavy atom. The van der Waals surface area contributed by atoms with Gasteiger partial charge in [0.05, 0.1) is 22.8 Å². The van der Waals surface area contributed by atoms with Crippen LogP contribution in [0.4, 0.5) is 4.39 Å². The molecule has 0 radical (unpaired) electrons. The van der Waals surface area contributed by atoms with E-state index in [1.165, 1.54) is 6.07 Å². The smallest absolute Gasteiger partial charge is 0.170 e. The molecule has 2 aromatic heterocycles. The predicted molar refractivity (Wildman–Crippen MR) is 118 cm³/mol. The van der Waals surface area contributed by atoms with E-state index in [4.69, 9.17) is 23.8 Å². The molecule has 1 aliphatic rings. The van der Waals surface area contributed by atoms with Crippen LogP contribution in [0.5, 0.6) is 0 Å². The lowest BCUT2D eigenvalue weighted by Gasteiger charge is -2.29. The Kier molecular flexibility index (Phi) is 5.83. The zero-order chi connectivity index (χ0) is 20.4. The number of nitrogens with one attached hydrogen (secondary N) is 1. The minimum Gasteiger partial charge on any atom is -0.352 e. The summed E-state index contributed by atoms with van der Waals surface area (Å²) < 4.78 is 15.7. The lowest BCUT2D eigenvalue weighted by Crippen LogP contribution is -2.31. The molecule has 3 aromatic rings. The second-order valence-corrected chi connectivity index (χ2v) is 7.87. The molecular formula is C22H22ClFN4S. The maximum absolute atomic E-state index is 13.7. The van der Waals surface area contributed by atoms with E-state index in [1.807, 2.05) is 35.0 Å². The van der Waals surface area contributed by atoms with Crippen LogP contribution in [0.1, 0.15) is 43.2 Å². The number of thiocarbonyl (C=S) groups is 1. The van der Waals surface area contributed by atoms with Crippen LogP contribution in [0.25, 0.3) is 5.69 Å². The van der Waals surface area contributed by atoms with Gasteiger partial charge in [-0.05, 0) is 61.1 Å². The highest BCUT2D eigenvalue weighted by atomic mass is 35.5. The van der Waals surface area contributed by atoms with Gasteiger partial charge in [0.2, 0.25) is 0 Å². The molecule has 0 spiro atoms. The fourth-order valence-electron chi connectivity index (χ4n) is 3.80. The van der Waals surface area contributed by atoms with Crippen LogP contribution in [0.3, 0.4) is 0 Å². The molecule has 0 amide bonds. The summed E-state index contributed by atoms with van der Waals surface area (Å²) in [5.74, 6) is -0.427. The fraction of sp³-hybridized carbons (Fsp3) is 0.273. The first kappa shape index (κ1) is 19.9. The SMILES string of the molecule is CCCCN1C(=S)N[C@@H](c2ccccn2)[C@@H]1c1cccn1-c1ccc(F)c(Cl)c1. The van der Waals surface area contributed by atoms with E-state index < -0.39 is 5.82 Å². The van der Waals surface area contributed by atoms with Gasteiger partial charge in [0.25, 0.3) is 0 Å². The van der Waals surface area contributed by atoms with E-state index in [0.717, 1.165) is 41.6 Å². The number of pyridine rings is 1. The zero-order valence-corrected chi connectivity index (χ0v) is 17.6. The lowest BCUT2D eigenvalue weighted by atomic mass is 10.0. The van der Waals surface area contributed by atoms with Crippen molar-refractivity contribution >= 4 is 28.9 Å². The molecule has 1 aliphatic heterocycles. The molecule has 1 saturated heterocycles. The second-order valence-electron chi connectivity index (χ2n) is 7.08. The first-order valence-electron chi connectivity index (χ1n) is 9.71. The van der Waals surface area contributed by atoms with Gasteiger partial charge < -0.3 is 14.8 Å². The van der Waals surface area contributed by atoms with Gasteiger partial charge in [0.15, 0.2) is 5.11 Å². The molecule has 4 rings (SSSR count). The summed E-state index contributed by atoms with van der Waals surface area (Å²) in [5, 5.41) is 4.29. The van der Waals surface area contributed by atoms with Gasteiger partial charge in [-0.1, -0.05) is 31.0 Å². The number of hydrogen-bond donors (Lipinski definition) is 1. The first-order chi connectivity index (χ1) is 14.1. The van der Waals surface area contributed by atoms with Crippen LogP contribution in [-0.4, -0.2) is 26.1 Å². The minimum absolute atomic E-state index is 0.0391. The van der Waals surface area contributed by atoms with E-state index in [-0.39, 0.29) is 17.1 Å². The average Bonchev–Trinajstić information content (AvgIpc) is 3.33. The summed E-state index contributed by atoms with van der Waals surface area (Å²) >= 11 is 11.7. The van der Waals surface area contributed by atoms with Crippen LogP contribution in [0.2, 0.25) is 5.02 Å². The minimum atomic E-state index is -0.427. The van der Waals surface area contributed by atoms with Crippen molar-refractivity contribution in [1.29, 1.82) is 0 Å². The van der Waals surface area contributed by atoms with E-state index in [9.17, 15) is 4.39 Å². The summed E-state index contributed by atoms with van der Waals surface area (Å²) in [7, 11) is 0. The van der Waals surface area contributed by atoms with Crippen LogP contribution >= 0.6 is 23.8 Å². The summed E-state index contributed by atoms with van der Waals surface area (Å²) in [4.78, 5) is 6.80. The zero-order valence-electron chi connectivity index (χ0n) is 16.1. The Morgan fingerprint density at radius 1 is 1.21 bits per heavy atom. The Balaban J connectivity index is 1.79. The van der Waals surface area contributed by atoms with Crippen molar-refractivity contribution < 1.29 is 4.39 Å². The molecule has 1 N–H and O–H groups in total. The standard InChI is InChI=1S/C22H22ClFN4S/c1-2-3-12-28-21(20(26-22(28)29)18-7-4-5-11-25-18)19-8-6-13-27(19)15-9-10-17(24)16(23)14-15/h4-11,13-14,20-21H,2-3,12H2,1H3,(H,26,29)/t20-,21-/m0/s1. The largest absolute Gasteiger partial charge is 0.352 e. The number of rotatable bonds is 6. The van der Waals surface area contributed by atoms with Crippen LogP contribution in [0, 0.1) is 5.82 Å². The van der Waals surface area contributed by atoms with Crippen molar-refractivity contribution in [1.82, 2.24) is 19.8 Å². The maximum atomic E-state index is 13.7. The number of nitrogens with zero attached hydrogens (tertiary/aromatic N) is 3. The maximum Gasteiger partial charge on any atom is 0.170 e.